The molecule has 7 heteroatoms. The number of nitrogens with zero attached hydrogens (tertiary/aromatic N) is 3. The van der Waals surface area contributed by atoms with Gasteiger partial charge in [-0.3, -0.25) is 14.6 Å². The topological polar surface area (TPSA) is 75.8 Å². The Kier molecular flexibility index (Phi) is 4.82. The number of likely N-dealkylation sites (tertiary alicyclic amines) is 1. The summed E-state index contributed by atoms with van der Waals surface area (Å²) in [7, 11) is 0. The fourth-order valence-electron chi connectivity index (χ4n) is 3.32. The summed E-state index contributed by atoms with van der Waals surface area (Å²) in [5.74, 6) is -0.258. The molecule has 0 N–H and O–H groups in total. The van der Waals surface area contributed by atoms with Crippen LogP contribution in [0.25, 0.3) is 11.5 Å². The van der Waals surface area contributed by atoms with E-state index in [0.717, 1.165) is 24.1 Å². The molecule has 0 bridgehead atoms. The van der Waals surface area contributed by atoms with Crippen molar-refractivity contribution in [2.24, 2.45) is 4.99 Å². The molecule has 2 heterocycles. The minimum Gasteiger partial charge on any atom is -0.432 e. The number of rotatable bonds is 4. The number of ketones is 2. The van der Waals surface area contributed by atoms with Crippen molar-refractivity contribution in [3.8, 4) is 11.5 Å². The highest BCUT2D eigenvalue weighted by molar-refractivity contribution is 9.10. The molecule has 0 atom stereocenters. The Morgan fingerprint density at radius 2 is 2.04 bits per heavy atom. The first-order valence-electron chi connectivity index (χ1n) is 8.72. The normalized spacial score (nSPS) is 19.3. The third-order valence-corrected chi connectivity index (χ3v) is 5.17. The zero-order valence-electron chi connectivity index (χ0n) is 14.2. The molecule has 1 saturated heterocycles. The molecule has 134 valence electrons. The second-order valence-corrected chi connectivity index (χ2v) is 7.43. The minimum atomic E-state index is -0.324. The minimum absolute atomic E-state index is 0.00368. The Morgan fingerprint density at radius 3 is 2.81 bits per heavy atom. The number of aliphatic imine (C=N–C) groups is 1. The van der Waals surface area contributed by atoms with E-state index in [0.29, 0.717) is 12.1 Å². The summed E-state index contributed by atoms with van der Waals surface area (Å²) in [6.07, 6.45) is 2.43. The predicted octanol–water partition coefficient (Wildman–Crippen LogP) is 3.41. The SMILES string of the molecule is O=C1CC(=NCCN2CCCC2)C(=O)c2oc(-c3cccc(Br)c3)nc21. The fourth-order valence-corrected chi connectivity index (χ4v) is 3.71. The molecule has 6 nitrogen and oxygen atoms in total. The van der Waals surface area contributed by atoms with Gasteiger partial charge in [-0.2, -0.15) is 0 Å². The molecule has 0 saturated carbocycles. The van der Waals surface area contributed by atoms with E-state index in [4.69, 9.17) is 4.42 Å². The first-order valence-corrected chi connectivity index (χ1v) is 9.51. The predicted molar refractivity (Wildman–Crippen MR) is 101 cm³/mol. The highest BCUT2D eigenvalue weighted by atomic mass is 79.9. The summed E-state index contributed by atoms with van der Waals surface area (Å²) >= 11 is 3.39. The van der Waals surface area contributed by atoms with Crippen LogP contribution in [0, 0.1) is 0 Å². The van der Waals surface area contributed by atoms with Crippen LogP contribution in [0.1, 0.15) is 40.3 Å². The summed E-state index contributed by atoms with van der Waals surface area (Å²) < 4.78 is 6.51. The van der Waals surface area contributed by atoms with Crippen LogP contribution in [0.5, 0.6) is 0 Å². The maximum Gasteiger partial charge on any atom is 0.244 e. The quantitative estimate of drug-likeness (QED) is 0.764. The number of hydrogen-bond donors (Lipinski definition) is 0. The summed E-state index contributed by atoms with van der Waals surface area (Å²) in [4.78, 5) is 36.0. The molecule has 1 aliphatic carbocycles. The molecule has 0 spiro atoms. The van der Waals surface area contributed by atoms with Crippen LogP contribution < -0.4 is 0 Å². The van der Waals surface area contributed by atoms with E-state index in [2.05, 4.69) is 30.8 Å². The molecule has 0 amide bonds. The van der Waals surface area contributed by atoms with Crippen molar-refractivity contribution < 1.29 is 14.0 Å². The number of oxazole rings is 1. The number of halogens is 1. The molecule has 1 aromatic carbocycles. The van der Waals surface area contributed by atoms with Crippen molar-refractivity contribution in [2.75, 3.05) is 26.2 Å². The maximum absolute atomic E-state index is 12.7. The Morgan fingerprint density at radius 1 is 1.23 bits per heavy atom. The molecule has 1 fully saturated rings. The highest BCUT2D eigenvalue weighted by Gasteiger charge is 2.35. The van der Waals surface area contributed by atoms with Crippen LogP contribution in [0.15, 0.2) is 38.1 Å². The van der Waals surface area contributed by atoms with E-state index >= 15 is 0 Å². The Balaban J connectivity index is 1.56. The molecule has 1 aromatic heterocycles. The van der Waals surface area contributed by atoms with Gasteiger partial charge in [-0.05, 0) is 44.1 Å². The van der Waals surface area contributed by atoms with Crippen LogP contribution in [0.3, 0.4) is 0 Å². The molecule has 26 heavy (non-hydrogen) atoms. The van der Waals surface area contributed by atoms with Crippen LogP contribution >= 0.6 is 15.9 Å². The van der Waals surface area contributed by atoms with Crippen molar-refractivity contribution in [3.05, 3.63) is 40.2 Å². The Bertz CT molecular complexity index is 897. The van der Waals surface area contributed by atoms with Gasteiger partial charge in [-0.1, -0.05) is 22.0 Å². The summed E-state index contributed by atoms with van der Waals surface area (Å²) in [6, 6.07) is 7.38. The summed E-state index contributed by atoms with van der Waals surface area (Å²) in [5.41, 5.74) is 1.10. The number of benzene rings is 1. The number of fused-ring (bicyclic) bond motifs is 1. The van der Waals surface area contributed by atoms with Gasteiger partial charge in [0.15, 0.2) is 11.5 Å². The van der Waals surface area contributed by atoms with E-state index < -0.39 is 0 Å². The second kappa shape index (κ2) is 7.25. The number of Topliss-reactive ketones (excluding diaryl/α,β-unsaturated/α-hetero) is 2. The first-order chi connectivity index (χ1) is 12.6. The van der Waals surface area contributed by atoms with E-state index in [9.17, 15) is 9.59 Å². The van der Waals surface area contributed by atoms with E-state index in [1.165, 1.54) is 12.8 Å². The molecule has 4 rings (SSSR count). The lowest BCUT2D eigenvalue weighted by Crippen LogP contribution is -2.28. The molecule has 0 unspecified atom stereocenters. The lowest BCUT2D eigenvalue weighted by molar-refractivity contribution is 0.0949. The van der Waals surface area contributed by atoms with Crippen molar-refractivity contribution in [2.45, 2.75) is 19.3 Å². The molecular formula is C19H18BrN3O3. The van der Waals surface area contributed by atoms with Gasteiger partial charge in [0.1, 0.15) is 0 Å². The lowest BCUT2D eigenvalue weighted by atomic mass is 9.97. The average molecular weight is 416 g/mol. The van der Waals surface area contributed by atoms with E-state index in [1.54, 1.807) is 0 Å². The Hall–Kier alpha value is -2.12. The molecule has 0 radical (unpaired) electrons. The number of aromatic nitrogens is 1. The third kappa shape index (κ3) is 3.41. The fraction of sp³-hybridized carbons (Fsp3) is 0.368. The van der Waals surface area contributed by atoms with Gasteiger partial charge in [0.25, 0.3) is 0 Å². The van der Waals surface area contributed by atoms with Crippen molar-refractivity contribution in [1.29, 1.82) is 0 Å². The van der Waals surface area contributed by atoms with Crippen LogP contribution in [-0.4, -0.2) is 53.3 Å². The monoisotopic (exact) mass is 415 g/mol. The average Bonchev–Trinajstić information content (AvgIpc) is 3.29. The van der Waals surface area contributed by atoms with Crippen LogP contribution in [-0.2, 0) is 0 Å². The summed E-state index contributed by atoms with van der Waals surface area (Å²) in [5, 5.41) is 0. The smallest absolute Gasteiger partial charge is 0.244 e. The van der Waals surface area contributed by atoms with Crippen LogP contribution in [0.4, 0.5) is 0 Å². The lowest BCUT2D eigenvalue weighted by Gasteiger charge is -2.13. The van der Waals surface area contributed by atoms with Gasteiger partial charge in [0.05, 0.1) is 18.7 Å². The van der Waals surface area contributed by atoms with E-state index in [1.807, 2.05) is 24.3 Å². The van der Waals surface area contributed by atoms with Gasteiger partial charge in [0.2, 0.25) is 17.4 Å². The summed E-state index contributed by atoms with van der Waals surface area (Å²) in [6.45, 7) is 3.51. The van der Waals surface area contributed by atoms with Crippen molar-refractivity contribution >= 4 is 33.2 Å². The molecule has 1 aliphatic heterocycles. The van der Waals surface area contributed by atoms with Gasteiger partial charge >= 0.3 is 0 Å². The van der Waals surface area contributed by atoms with Gasteiger partial charge < -0.3 is 9.32 Å². The number of carbonyl (C=O) groups is 2. The van der Waals surface area contributed by atoms with Gasteiger partial charge in [0, 0.05) is 16.6 Å². The van der Waals surface area contributed by atoms with Crippen molar-refractivity contribution in [1.82, 2.24) is 9.88 Å². The van der Waals surface area contributed by atoms with Crippen LogP contribution in [0.2, 0.25) is 0 Å². The Labute approximate surface area is 159 Å². The third-order valence-electron chi connectivity index (χ3n) is 4.68. The van der Waals surface area contributed by atoms with Gasteiger partial charge in [-0.15, -0.1) is 0 Å². The number of hydrogen-bond acceptors (Lipinski definition) is 6. The molecule has 2 aliphatic rings. The largest absolute Gasteiger partial charge is 0.432 e. The standard InChI is InChI=1S/C19H18BrN3O3/c20-13-5-3-4-12(10-13)19-22-16-15(24)11-14(17(25)18(16)26-19)21-6-9-23-7-1-2-8-23/h3-5,10H,1-2,6-9,11H2. The first kappa shape index (κ1) is 17.3. The van der Waals surface area contributed by atoms with E-state index in [-0.39, 0.29) is 41.0 Å². The van der Waals surface area contributed by atoms with Crippen molar-refractivity contribution in [3.63, 3.8) is 0 Å². The molecular weight excluding hydrogens is 398 g/mol. The molecule has 2 aromatic rings. The highest BCUT2D eigenvalue weighted by Crippen LogP contribution is 2.28. The number of carbonyl (C=O) groups excluding carboxylic acids is 2. The zero-order valence-corrected chi connectivity index (χ0v) is 15.8. The maximum atomic E-state index is 12.7. The van der Waals surface area contributed by atoms with Gasteiger partial charge in [-0.25, -0.2) is 4.98 Å². The second-order valence-electron chi connectivity index (χ2n) is 6.51. The zero-order chi connectivity index (χ0) is 18.1.